The Morgan fingerprint density at radius 3 is 2.82 bits per heavy atom. The number of ether oxygens (including phenoxy) is 1. The molecule has 0 radical (unpaired) electrons. The van der Waals surface area contributed by atoms with Crippen molar-refractivity contribution >= 4 is 5.91 Å². The van der Waals surface area contributed by atoms with Crippen LogP contribution in [0.25, 0.3) is 0 Å². The summed E-state index contributed by atoms with van der Waals surface area (Å²) in [6, 6.07) is 7.60. The Hall–Kier alpha value is -1.39. The summed E-state index contributed by atoms with van der Waals surface area (Å²) in [6.45, 7) is 0.620. The van der Waals surface area contributed by atoms with Crippen molar-refractivity contribution in [2.45, 2.75) is 51.2 Å². The van der Waals surface area contributed by atoms with Crippen molar-refractivity contribution in [2.24, 2.45) is 5.92 Å². The van der Waals surface area contributed by atoms with Crippen LogP contribution in [0, 0.1) is 5.92 Å². The van der Waals surface area contributed by atoms with Crippen molar-refractivity contribution in [2.75, 3.05) is 13.7 Å². The molecule has 0 saturated heterocycles. The molecule has 4 heteroatoms. The van der Waals surface area contributed by atoms with Gasteiger partial charge in [-0.2, -0.15) is 0 Å². The lowest BCUT2D eigenvalue weighted by Crippen LogP contribution is -2.41. The Morgan fingerprint density at radius 1 is 1.36 bits per heavy atom. The summed E-state index contributed by atoms with van der Waals surface area (Å²) in [5, 5.41) is 12.4. The highest BCUT2D eigenvalue weighted by Gasteiger charge is 2.25. The van der Waals surface area contributed by atoms with E-state index in [9.17, 15) is 9.90 Å². The van der Waals surface area contributed by atoms with Gasteiger partial charge in [0.25, 0.3) is 5.91 Å². The number of nitrogens with one attached hydrogen (secondary N) is 1. The molecule has 0 bridgehead atoms. The van der Waals surface area contributed by atoms with Crippen LogP contribution in [0.4, 0.5) is 0 Å². The third kappa shape index (κ3) is 4.82. The topological polar surface area (TPSA) is 58.6 Å². The summed E-state index contributed by atoms with van der Waals surface area (Å²) in [7, 11) is 1.65. The van der Waals surface area contributed by atoms with Crippen LogP contribution >= 0.6 is 0 Å². The van der Waals surface area contributed by atoms with Crippen molar-refractivity contribution in [1.82, 2.24) is 5.32 Å². The molecule has 1 fully saturated rings. The molecule has 1 saturated carbocycles. The largest absolute Gasteiger partial charge is 0.396 e. The molecule has 2 N–H and O–H groups in total. The molecule has 0 spiro atoms. The van der Waals surface area contributed by atoms with Crippen LogP contribution in [-0.4, -0.2) is 30.8 Å². The van der Waals surface area contributed by atoms with E-state index in [1.54, 1.807) is 7.11 Å². The average molecular weight is 305 g/mol. The summed E-state index contributed by atoms with van der Waals surface area (Å²) in [5.41, 5.74) is 1.65. The SMILES string of the molecule is COCc1cccc(C(=O)NC(CCO)C2CCCCC2)c1. The van der Waals surface area contributed by atoms with Crippen molar-refractivity contribution in [3.63, 3.8) is 0 Å². The maximum atomic E-state index is 12.5. The van der Waals surface area contributed by atoms with Crippen molar-refractivity contribution in [3.8, 4) is 0 Å². The Labute approximate surface area is 132 Å². The monoisotopic (exact) mass is 305 g/mol. The number of aliphatic hydroxyl groups is 1. The van der Waals surface area contributed by atoms with E-state index in [0.717, 1.165) is 18.4 Å². The maximum Gasteiger partial charge on any atom is 0.251 e. The third-order valence-corrected chi connectivity index (χ3v) is 4.48. The first kappa shape index (κ1) is 17.0. The first-order valence-corrected chi connectivity index (χ1v) is 8.24. The number of rotatable bonds is 7. The molecule has 0 aliphatic heterocycles. The third-order valence-electron chi connectivity index (χ3n) is 4.48. The van der Waals surface area contributed by atoms with Gasteiger partial charge in [-0.3, -0.25) is 4.79 Å². The van der Waals surface area contributed by atoms with E-state index in [1.807, 2.05) is 24.3 Å². The second kappa shape index (κ2) is 8.91. The van der Waals surface area contributed by atoms with Gasteiger partial charge in [-0.1, -0.05) is 31.4 Å². The fourth-order valence-electron chi connectivity index (χ4n) is 3.32. The molecule has 122 valence electrons. The Balaban J connectivity index is 2.01. The normalized spacial score (nSPS) is 17.2. The maximum absolute atomic E-state index is 12.5. The van der Waals surface area contributed by atoms with Gasteiger partial charge in [-0.15, -0.1) is 0 Å². The first-order valence-electron chi connectivity index (χ1n) is 8.24. The molecule has 1 amide bonds. The lowest BCUT2D eigenvalue weighted by molar-refractivity contribution is 0.0899. The van der Waals surface area contributed by atoms with Crippen molar-refractivity contribution in [3.05, 3.63) is 35.4 Å². The van der Waals surface area contributed by atoms with E-state index in [4.69, 9.17) is 4.74 Å². The van der Waals surface area contributed by atoms with E-state index in [2.05, 4.69) is 5.32 Å². The predicted octanol–water partition coefficient (Wildman–Crippen LogP) is 2.89. The van der Waals surface area contributed by atoms with Crippen LogP contribution in [0.3, 0.4) is 0 Å². The Bertz CT molecular complexity index is 469. The van der Waals surface area contributed by atoms with Gasteiger partial charge in [-0.25, -0.2) is 0 Å². The van der Waals surface area contributed by atoms with Crippen molar-refractivity contribution < 1.29 is 14.6 Å². The van der Waals surface area contributed by atoms with E-state index in [1.165, 1.54) is 19.3 Å². The molecule has 22 heavy (non-hydrogen) atoms. The summed E-state index contributed by atoms with van der Waals surface area (Å²) < 4.78 is 5.11. The fourth-order valence-corrected chi connectivity index (χ4v) is 3.32. The number of carbonyl (C=O) groups excluding carboxylic acids is 1. The van der Waals surface area contributed by atoms with Crippen LogP contribution in [0.5, 0.6) is 0 Å². The van der Waals surface area contributed by atoms with Crippen LogP contribution in [0.2, 0.25) is 0 Å². The number of benzene rings is 1. The second-order valence-electron chi connectivity index (χ2n) is 6.12. The van der Waals surface area contributed by atoms with Gasteiger partial charge >= 0.3 is 0 Å². The molecule has 1 aliphatic rings. The minimum Gasteiger partial charge on any atom is -0.396 e. The highest BCUT2D eigenvalue weighted by Crippen LogP contribution is 2.28. The van der Waals surface area contributed by atoms with E-state index >= 15 is 0 Å². The number of amides is 1. The van der Waals surface area contributed by atoms with Crippen LogP contribution in [-0.2, 0) is 11.3 Å². The summed E-state index contributed by atoms with van der Waals surface area (Å²) in [6.07, 6.45) is 6.67. The number of hydrogen-bond donors (Lipinski definition) is 2. The van der Waals surface area contributed by atoms with Gasteiger partial charge in [0, 0.05) is 25.3 Å². The molecule has 0 heterocycles. The van der Waals surface area contributed by atoms with E-state index < -0.39 is 0 Å². The minimum atomic E-state index is -0.0537. The number of hydrogen-bond acceptors (Lipinski definition) is 3. The zero-order chi connectivity index (χ0) is 15.8. The number of methoxy groups -OCH3 is 1. The molecule has 1 atom stereocenters. The number of aliphatic hydroxyl groups excluding tert-OH is 1. The highest BCUT2D eigenvalue weighted by atomic mass is 16.5. The van der Waals surface area contributed by atoms with E-state index in [-0.39, 0.29) is 18.6 Å². The van der Waals surface area contributed by atoms with Gasteiger partial charge in [0.05, 0.1) is 6.61 Å². The zero-order valence-corrected chi connectivity index (χ0v) is 13.4. The molecule has 1 aliphatic carbocycles. The van der Waals surface area contributed by atoms with Gasteiger partial charge in [0.15, 0.2) is 0 Å². The molecule has 4 nitrogen and oxygen atoms in total. The van der Waals surface area contributed by atoms with Crippen molar-refractivity contribution in [1.29, 1.82) is 0 Å². The predicted molar refractivity (Wildman–Crippen MR) is 86.7 cm³/mol. The molecule has 1 unspecified atom stereocenters. The average Bonchev–Trinajstić information content (AvgIpc) is 2.56. The minimum absolute atomic E-state index is 0.0537. The van der Waals surface area contributed by atoms with Crippen LogP contribution in [0.15, 0.2) is 24.3 Å². The van der Waals surface area contributed by atoms with Gasteiger partial charge < -0.3 is 15.2 Å². The molecular weight excluding hydrogens is 278 g/mol. The zero-order valence-electron chi connectivity index (χ0n) is 13.4. The lowest BCUT2D eigenvalue weighted by Gasteiger charge is -2.30. The molecule has 2 rings (SSSR count). The van der Waals surface area contributed by atoms with Gasteiger partial charge in [-0.05, 0) is 42.9 Å². The first-order chi connectivity index (χ1) is 10.7. The highest BCUT2D eigenvalue weighted by molar-refractivity contribution is 5.94. The summed E-state index contributed by atoms with van der Waals surface area (Å²) in [4.78, 5) is 12.5. The Morgan fingerprint density at radius 2 is 2.14 bits per heavy atom. The lowest BCUT2D eigenvalue weighted by atomic mass is 9.82. The smallest absolute Gasteiger partial charge is 0.251 e. The number of carbonyl (C=O) groups is 1. The van der Waals surface area contributed by atoms with Gasteiger partial charge in [0.2, 0.25) is 0 Å². The fraction of sp³-hybridized carbons (Fsp3) is 0.611. The molecule has 1 aromatic rings. The molecule has 0 aromatic heterocycles. The summed E-state index contributed by atoms with van der Waals surface area (Å²) in [5.74, 6) is 0.439. The quantitative estimate of drug-likeness (QED) is 0.814. The Kier molecular flexibility index (Phi) is 6.87. The molecule has 1 aromatic carbocycles. The summed E-state index contributed by atoms with van der Waals surface area (Å²) >= 11 is 0. The standard InChI is InChI=1S/C18H27NO3/c1-22-13-14-6-5-9-16(12-14)18(21)19-17(10-11-20)15-7-3-2-4-8-15/h5-6,9,12,15,17,20H,2-4,7-8,10-11,13H2,1H3,(H,19,21). The second-order valence-corrected chi connectivity index (χ2v) is 6.12. The van der Waals surface area contributed by atoms with Crippen LogP contribution < -0.4 is 5.32 Å². The molecular formula is C18H27NO3. The van der Waals surface area contributed by atoms with Gasteiger partial charge in [0.1, 0.15) is 0 Å². The van der Waals surface area contributed by atoms with E-state index in [0.29, 0.717) is 24.5 Å². The van der Waals surface area contributed by atoms with Crippen LogP contribution in [0.1, 0.15) is 54.4 Å².